The van der Waals surface area contributed by atoms with Crippen molar-refractivity contribution in [2.75, 3.05) is 0 Å². The molecular formula is C19H17N3O2. The van der Waals surface area contributed by atoms with Crippen LogP contribution in [0.5, 0.6) is 0 Å². The lowest BCUT2D eigenvalue weighted by Crippen LogP contribution is -2.17. The maximum atomic E-state index is 10.7. The van der Waals surface area contributed by atoms with Crippen LogP contribution in [0.1, 0.15) is 32.3 Å². The summed E-state index contributed by atoms with van der Waals surface area (Å²) in [6, 6.07) is 10.2. The molecule has 0 saturated heterocycles. The fourth-order valence-electron chi connectivity index (χ4n) is 2.80. The van der Waals surface area contributed by atoms with Gasteiger partial charge in [-0.3, -0.25) is 10.1 Å². The van der Waals surface area contributed by atoms with Gasteiger partial charge in [-0.05, 0) is 47.1 Å². The number of nitro groups is 1. The van der Waals surface area contributed by atoms with Gasteiger partial charge in [0.1, 0.15) is 17.7 Å². The Morgan fingerprint density at radius 2 is 1.79 bits per heavy atom. The molecule has 1 aromatic carbocycles. The van der Waals surface area contributed by atoms with Gasteiger partial charge in [0.25, 0.3) is 5.69 Å². The van der Waals surface area contributed by atoms with E-state index in [1.54, 1.807) is 12.1 Å². The number of allylic oxidation sites excluding steroid dienone is 5. The number of benzene rings is 1. The van der Waals surface area contributed by atoms with Crippen molar-refractivity contribution >= 4 is 11.8 Å². The van der Waals surface area contributed by atoms with Crippen LogP contribution < -0.4 is 0 Å². The van der Waals surface area contributed by atoms with Crippen LogP contribution in [-0.4, -0.2) is 4.92 Å². The van der Waals surface area contributed by atoms with Gasteiger partial charge in [-0.25, -0.2) is 0 Å². The first-order valence-electron chi connectivity index (χ1n) is 7.51. The molecule has 1 aliphatic carbocycles. The average molecular weight is 319 g/mol. The number of nitro benzene ring substituents is 1. The van der Waals surface area contributed by atoms with E-state index >= 15 is 0 Å². The third kappa shape index (κ3) is 4.18. The fourth-order valence-corrected chi connectivity index (χ4v) is 2.80. The molecule has 5 heteroatoms. The van der Waals surface area contributed by atoms with E-state index in [9.17, 15) is 10.1 Å². The highest BCUT2D eigenvalue weighted by molar-refractivity contribution is 5.57. The van der Waals surface area contributed by atoms with E-state index in [0.717, 1.165) is 23.1 Å². The van der Waals surface area contributed by atoms with Crippen LogP contribution >= 0.6 is 0 Å². The van der Waals surface area contributed by atoms with Crippen LogP contribution in [0.3, 0.4) is 0 Å². The second kappa shape index (κ2) is 6.93. The van der Waals surface area contributed by atoms with Gasteiger partial charge in [-0.2, -0.15) is 10.5 Å². The number of non-ortho nitro benzene ring substituents is 1. The fraction of sp³-hybridized carbons (Fsp3) is 0.263. The van der Waals surface area contributed by atoms with Gasteiger partial charge in [0.2, 0.25) is 0 Å². The SMILES string of the molecule is CC1(C)CC(C=Cc2ccc([N+](=O)[O-])cc2)=CC(=C(C#N)C#N)C1. The molecule has 0 unspecified atom stereocenters. The second-order valence-electron chi connectivity index (χ2n) is 6.54. The van der Waals surface area contributed by atoms with Crippen molar-refractivity contribution in [1.29, 1.82) is 10.5 Å². The molecular weight excluding hydrogens is 302 g/mol. The summed E-state index contributed by atoms with van der Waals surface area (Å²) in [5, 5.41) is 28.8. The predicted octanol–water partition coefficient (Wildman–Crippen LogP) is 4.70. The summed E-state index contributed by atoms with van der Waals surface area (Å²) in [5.41, 5.74) is 2.84. The summed E-state index contributed by atoms with van der Waals surface area (Å²) in [6.07, 6.45) is 7.25. The van der Waals surface area contributed by atoms with Gasteiger partial charge in [0, 0.05) is 12.1 Å². The molecule has 0 bridgehead atoms. The summed E-state index contributed by atoms with van der Waals surface area (Å²) in [4.78, 5) is 10.2. The quantitative estimate of drug-likeness (QED) is 0.459. The summed E-state index contributed by atoms with van der Waals surface area (Å²) in [6.45, 7) is 4.21. The number of hydrogen-bond acceptors (Lipinski definition) is 4. The molecule has 0 fully saturated rings. The van der Waals surface area contributed by atoms with Gasteiger partial charge in [0.15, 0.2) is 0 Å². The minimum absolute atomic E-state index is 0.0296. The molecule has 0 saturated carbocycles. The van der Waals surface area contributed by atoms with E-state index < -0.39 is 4.92 Å². The third-order valence-corrected chi connectivity index (χ3v) is 3.85. The van der Waals surface area contributed by atoms with Gasteiger partial charge < -0.3 is 0 Å². The highest BCUT2D eigenvalue weighted by atomic mass is 16.6. The highest BCUT2D eigenvalue weighted by Crippen LogP contribution is 2.39. The van der Waals surface area contributed by atoms with Crippen LogP contribution in [0.4, 0.5) is 5.69 Å². The first kappa shape index (κ1) is 17.2. The van der Waals surface area contributed by atoms with Crippen LogP contribution in [0.25, 0.3) is 6.08 Å². The summed E-state index contributed by atoms with van der Waals surface area (Å²) in [7, 11) is 0. The molecule has 2 rings (SSSR count). The molecule has 0 atom stereocenters. The highest BCUT2D eigenvalue weighted by Gasteiger charge is 2.26. The smallest absolute Gasteiger partial charge is 0.258 e. The molecule has 1 aromatic rings. The van der Waals surface area contributed by atoms with Crippen LogP contribution in [0.2, 0.25) is 0 Å². The van der Waals surface area contributed by atoms with Crippen molar-refractivity contribution in [2.45, 2.75) is 26.7 Å². The molecule has 0 heterocycles. The monoisotopic (exact) mass is 319 g/mol. The van der Waals surface area contributed by atoms with Gasteiger partial charge in [-0.15, -0.1) is 0 Å². The largest absolute Gasteiger partial charge is 0.269 e. The Labute approximate surface area is 141 Å². The average Bonchev–Trinajstić information content (AvgIpc) is 2.53. The minimum atomic E-state index is -0.429. The van der Waals surface area contributed by atoms with Crippen molar-refractivity contribution < 1.29 is 4.92 Å². The Morgan fingerprint density at radius 1 is 1.17 bits per heavy atom. The lowest BCUT2D eigenvalue weighted by Gasteiger charge is -2.30. The van der Waals surface area contributed by atoms with Crippen molar-refractivity contribution in [1.82, 2.24) is 0 Å². The van der Waals surface area contributed by atoms with Gasteiger partial charge in [-0.1, -0.05) is 32.1 Å². The van der Waals surface area contributed by atoms with E-state index in [4.69, 9.17) is 10.5 Å². The zero-order valence-corrected chi connectivity index (χ0v) is 13.6. The van der Waals surface area contributed by atoms with Crippen molar-refractivity contribution in [3.05, 3.63) is 68.8 Å². The standard InChI is InChI=1S/C19H17N3O2/c1-19(2)10-15(9-16(11-19)17(12-20)13-21)4-3-14-5-7-18(8-6-14)22(23)24/h3-9H,10-11H2,1-2H3. The Bertz CT molecular complexity index is 813. The number of rotatable bonds is 3. The van der Waals surface area contributed by atoms with Crippen LogP contribution in [-0.2, 0) is 0 Å². The summed E-state index contributed by atoms with van der Waals surface area (Å²) >= 11 is 0. The molecule has 0 amide bonds. The number of nitrogens with zero attached hydrogens (tertiary/aromatic N) is 3. The maximum Gasteiger partial charge on any atom is 0.269 e. The van der Waals surface area contributed by atoms with E-state index in [1.165, 1.54) is 12.1 Å². The van der Waals surface area contributed by atoms with Crippen molar-refractivity contribution in [2.24, 2.45) is 5.41 Å². The molecule has 1 aliphatic rings. The summed E-state index contributed by atoms with van der Waals surface area (Å²) in [5.74, 6) is 0. The van der Waals surface area contributed by atoms with Crippen LogP contribution in [0.15, 0.2) is 53.1 Å². The Balaban J connectivity index is 2.30. The van der Waals surface area contributed by atoms with E-state index in [-0.39, 0.29) is 16.7 Å². The molecule has 0 N–H and O–H groups in total. The topological polar surface area (TPSA) is 90.7 Å². The van der Waals surface area contributed by atoms with Crippen molar-refractivity contribution in [3.63, 3.8) is 0 Å². The molecule has 120 valence electrons. The number of hydrogen-bond donors (Lipinski definition) is 0. The van der Waals surface area contributed by atoms with Crippen LogP contribution in [0, 0.1) is 38.2 Å². The predicted molar refractivity (Wildman–Crippen MR) is 91.5 cm³/mol. The first-order valence-corrected chi connectivity index (χ1v) is 7.51. The summed E-state index contributed by atoms with van der Waals surface area (Å²) < 4.78 is 0. The molecule has 0 aromatic heterocycles. The van der Waals surface area contributed by atoms with E-state index in [2.05, 4.69) is 13.8 Å². The van der Waals surface area contributed by atoms with Gasteiger partial charge in [0.05, 0.1) is 4.92 Å². The molecule has 24 heavy (non-hydrogen) atoms. The Morgan fingerprint density at radius 3 is 2.33 bits per heavy atom. The number of nitriles is 2. The Hall–Kier alpha value is -3.18. The first-order chi connectivity index (χ1) is 11.3. The molecule has 0 aliphatic heterocycles. The second-order valence-corrected chi connectivity index (χ2v) is 6.54. The molecule has 0 spiro atoms. The lowest BCUT2D eigenvalue weighted by atomic mass is 9.74. The Kier molecular flexibility index (Phi) is 4.96. The normalized spacial score (nSPS) is 16.2. The zero-order chi connectivity index (χ0) is 17.7. The van der Waals surface area contributed by atoms with Gasteiger partial charge >= 0.3 is 0 Å². The maximum absolute atomic E-state index is 10.7. The van der Waals surface area contributed by atoms with Crippen molar-refractivity contribution in [3.8, 4) is 12.1 Å². The lowest BCUT2D eigenvalue weighted by molar-refractivity contribution is -0.384. The van der Waals surface area contributed by atoms with E-state index in [1.807, 2.05) is 30.4 Å². The third-order valence-electron chi connectivity index (χ3n) is 3.85. The zero-order valence-electron chi connectivity index (χ0n) is 13.6. The molecule has 5 nitrogen and oxygen atoms in total. The van der Waals surface area contributed by atoms with E-state index in [0.29, 0.717) is 6.42 Å². The molecule has 0 radical (unpaired) electrons. The minimum Gasteiger partial charge on any atom is -0.258 e.